The van der Waals surface area contributed by atoms with Crippen molar-refractivity contribution >= 4 is 0 Å². The predicted octanol–water partition coefficient (Wildman–Crippen LogP) is 2.91. The smallest absolute Gasteiger partial charge is 0.127 e. The zero-order valence-corrected chi connectivity index (χ0v) is 10.7. The van der Waals surface area contributed by atoms with Crippen molar-refractivity contribution in [2.75, 3.05) is 19.8 Å². The third-order valence-corrected chi connectivity index (χ3v) is 2.98. The Labute approximate surface area is 103 Å². The van der Waals surface area contributed by atoms with E-state index < -0.39 is 0 Å². The van der Waals surface area contributed by atoms with Gasteiger partial charge in [0.1, 0.15) is 18.1 Å². The molecule has 3 nitrogen and oxygen atoms in total. The molecule has 0 fully saturated rings. The van der Waals surface area contributed by atoms with Crippen molar-refractivity contribution in [2.24, 2.45) is 0 Å². The molecule has 1 atom stereocenters. The van der Waals surface area contributed by atoms with Crippen molar-refractivity contribution < 1.29 is 9.47 Å². The van der Waals surface area contributed by atoms with Crippen molar-refractivity contribution in [1.82, 2.24) is 5.32 Å². The van der Waals surface area contributed by atoms with Crippen LogP contribution in [0.3, 0.4) is 0 Å². The monoisotopic (exact) mass is 235 g/mol. The van der Waals surface area contributed by atoms with Gasteiger partial charge in [-0.1, -0.05) is 20.3 Å². The maximum atomic E-state index is 5.67. The molecule has 1 unspecified atom stereocenters. The fraction of sp³-hybridized carbons (Fsp3) is 0.571. The minimum atomic E-state index is 0.333. The second-order valence-electron chi connectivity index (χ2n) is 4.32. The van der Waals surface area contributed by atoms with E-state index in [1.54, 1.807) is 0 Å². The van der Waals surface area contributed by atoms with Crippen LogP contribution in [0, 0.1) is 0 Å². The van der Waals surface area contributed by atoms with E-state index in [1.165, 1.54) is 5.56 Å². The quantitative estimate of drug-likeness (QED) is 0.769. The van der Waals surface area contributed by atoms with Crippen LogP contribution in [0.15, 0.2) is 18.2 Å². The molecule has 1 aromatic carbocycles. The van der Waals surface area contributed by atoms with Gasteiger partial charge in [0.05, 0.1) is 12.6 Å². The second kappa shape index (κ2) is 5.92. The summed E-state index contributed by atoms with van der Waals surface area (Å²) in [7, 11) is 0. The van der Waals surface area contributed by atoms with Crippen molar-refractivity contribution in [3.05, 3.63) is 23.8 Å². The maximum Gasteiger partial charge on any atom is 0.127 e. The molecule has 0 aliphatic carbocycles. The van der Waals surface area contributed by atoms with Crippen LogP contribution in [0.1, 0.15) is 38.3 Å². The molecule has 0 saturated carbocycles. The fourth-order valence-corrected chi connectivity index (χ4v) is 2.03. The summed E-state index contributed by atoms with van der Waals surface area (Å²) in [5.74, 6) is 1.87. The first-order chi connectivity index (χ1) is 8.35. The first kappa shape index (κ1) is 12.2. The SMILES string of the molecule is CCCCOc1ccc2c(c1)OCC2NCC. The van der Waals surface area contributed by atoms with Crippen molar-refractivity contribution in [1.29, 1.82) is 0 Å². The summed E-state index contributed by atoms with van der Waals surface area (Å²) in [6, 6.07) is 6.48. The van der Waals surface area contributed by atoms with Gasteiger partial charge in [0.15, 0.2) is 0 Å². The number of ether oxygens (including phenoxy) is 2. The third kappa shape index (κ3) is 2.91. The van der Waals surface area contributed by atoms with Crippen LogP contribution in [-0.4, -0.2) is 19.8 Å². The Morgan fingerprint density at radius 3 is 3.06 bits per heavy atom. The summed E-state index contributed by atoms with van der Waals surface area (Å²) in [6.07, 6.45) is 2.25. The predicted molar refractivity (Wildman–Crippen MR) is 68.8 cm³/mol. The Morgan fingerprint density at radius 1 is 1.41 bits per heavy atom. The van der Waals surface area contributed by atoms with Crippen LogP contribution in [-0.2, 0) is 0 Å². The Kier molecular flexibility index (Phi) is 4.26. The lowest BCUT2D eigenvalue weighted by atomic mass is 10.1. The number of rotatable bonds is 6. The number of nitrogens with one attached hydrogen (secondary N) is 1. The number of likely N-dealkylation sites (N-methyl/N-ethyl adjacent to an activating group) is 1. The van der Waals surface area contributed by atoms with Gasteiger partial charge in [0, 0.05) is 11.6 Å². The highest BCUT2D eigenvalue weighted by atomic mass is 16.5. The minimum Gasteiger partial charge on any atom is -0.493 e. The average Bonchev–Trinajstić information content (AvgIpc) is 2.73. The van der Waals surface area contributed by atoms with Gasteiger partial charge in [-0.05, 0) is 25.1 Å². The van der Waals surface area contributed by atoms with Crippen LogP contribution in [0.4, 0.5) is 0 Å². The number of unbranched alkanes of at least 4 members (excludes halogenated alkanes) is 1. The van der Waals surface area contributed by atoms with Crippen molar-refractivity contribution in [3.63, 3.8) is 0 Å². The molecule has 1 aromatic rings. The van der Waals surface area contributed by atoms with Crippen molar-refractivity contribution in [3.8, 4) is 11.5 Å². The van der Waals surface area contributed by atoms with Crippen LogP contribution in [0.25, 0.3) is 0 Å². The van der Waals surface area contributed by atoms with E-state index in [1.807, 2.05) is 12.1 Å². The summed E-state index contributed by atoms with van der Waals surface area (Å²) >= 11 is 0. The number of hydrogen-bond acceptors (Lipinski definition) is 3. The second-order valence-corrected chi connectivity index (χ2v) is 4.32. The number of benzene rings is 1. The van der Waals surface area contributed by atoms with Gasteiger partial charge >= 0.3 is 0 Å². The summed E-state index contributed by atoms with van der Waals surface area (Å²) in [6.45, 7) is 6.74. The van der Waals surface area contributed by atoms with Gasteiger partial charge < -0.3 is 14.8 Å². The molecule has 1 aliphatic heterocycles. The normalized spacial score (nSPS) is 17.6. The lowest BCUT2D eigenvalue weighted by molar-refractivity contribution is 0.300. The molecule has 3 heteroatoms. The molecule has 0 bridgehead atoms. The van der Waals surface area contributed by atoms with Crippen molar-refractivity contribution in [2.45, 2.75) is 32.7 Å². The Hall–Kier alpha value is -1.22. The highest BCUT2D eigenvalue weighted by Crippen LogP contribution is 2.35. The Bertz CT molecular complexity index is 365. The van der Waals surface area contributed by atoms with E-state index in [0.717, 1.165) is 44.1 Å². The van der Waals surface area contributed by atoms with E-state index in [-0.39, 0.29) is 0 Å². The average molecular weight is 235 g/mol. The summed E-state index contributed by atoms with van der Waals surface area (Å²) in [4.78, 5) is 0. The molecule has 1 aliphatic rings. The molecule has 0 amide bonds. The van der Waals surface area contributed by atoms with Crippen LogP contribution < -0.4 is 14.8 Å². The first-order valence-electron chi connectivity index (χ1n) is 6.48. The van der Waals surface area contributed by atoms with E-state index in [0.29, 0.717) is 6.04 Å². The lowest BCUT2D eigenvalue weighted by Crippen LogP contribution is -2.21. The zero-order valence-electron chi connectivity index (χ0n) is 10.7. The zero-order chi connectivity index (χ0) is 12.1. The number of fused-ring (bicyclic) bond motifs is 1. The molecule has 94 valence electrons. The van der Waals surface area contributed by atoms with E-state index >= 15 is 0 Å². The molecule has 2 rings (SSSR count). The summed E-state index contributed by atoms with van der Waals surface area (Å²) < 4.78 is 11.3. The van der Waals surface area contributed by atoms with Crippen LogP contribution in [0.5, 0.6) is 11.5 Å². The maximum absolute atomic E-state index is 5.67. The fourth-order valence-electron chi connectivity index (χ4n) is 2.03. The van der Waals surface area contributed by atoms with Gasteiger partial charge in [-0.25, -0.2) is 0 Å². The number of hydrogen-bond donors (Lipinski definition) is 1. The molecule has 0 saturated heterocycles. The molecule has 0 radical (unpaired) electrons. The topological polar surface area (TPSA) is 30.5 Å². The van der Waals surface area contributed by atoms with Crippen LogP contribution >= 0.6 is 0 Å². The highest BCUT2D eigenvalue weighted by molar-refractivity contribution is 5.45. The molecular weight excluding hydrogens is 214 g/mol. The molecular formula is C14H21NO2. The third-order valence-electron chi connectivity index (χ3n) is 2.98. The molecule has 0 aromatic heterocycles. The first-order valence-corrected chi connectivity index (χ1v) is 6.48. The molecule has 17 heavy (non-hydrogen) atoms. The Balaban J connectivity index is 2.01. The highest BCUT2D eigenvalue weighted by Gasteiger charge is 2.23. The van der Waals surface area contributed by atoms with Gasteiger partial charge in [-0.2, -0.15) is 0 Å². The van der Waals surface area contributed by atoms with Gasteiger partial charge in [-0.15, -0.1) is 0 Å². The van der Waals surface area contributed by atoms with Gasteiger partial charge in [-0.3, -0.25) is 0 Å². The van der Waals surface area contributed by atoms with E-state index in [2.05, 4.69) is 25.2 Å². The van der Waals surface area contributed by atoms with Crippen LogP contribution in [0.2, 0.25) is 0 Å². The molecule has 0 spiro atoms. The standard InChI is InChI=1S/C14H21NO2/c1-3-5-8-16-11-6-7-12-13(15-4-2)10-17-14(12)9-11/h6-7,9,13,15H,3-5,8,10H2,1-2H3. The van der Waals surface area contributed by atoms with E-state index in [4.69, 9.17) is 9.47 Å². The van der Waals surface area contributed by atoms with Gasteiger partial charge in [0.2, 0.25) is 0 Å². The Morgan fingerprint density at radius 2 is 2.29 bits per heavy atom. The molecule has 1 heterocycles. The summed E-state index contributed by atoms with van der Waals surface area (Å²) in [5.41, 5.74) is 1.25. The minimum absolute atomic E-state index is 0.333. The lowest BCUT2D eigenvalue weighted by Gasteiger charge is -2.10. The summed E-state index contributed by atoms with van der Waals surface area (Å²) in [5, 5.41) is 3.41. The van der Waals surface area contributed by atoms with Gasteiger partial charge in [0.25, 0.3) is 0 Å². The van der Waals surface area contributed by atoms with E-state index in [9.17, 15) is 0 Å². The molecule has 1 N–H and O–H groups in total. The largest absolute Gasteiger partial charge is 0.493 e.